The highest BCUT2D eigenvalue weighted by Gasteiger charge is 2.25. The highest BCUT2D eigenvalue weighted by atomic mass is 32.2. The summed E-state index contributed by atoms with van der Waals surface area (Å²) < 4.78 is 25.3. The maximum absolute atomic E-state index is 12.2. The van der Waals surface area contributed by atoms with Crippen molar-refractivity contribution in [3.8, 4) is 18.1 Å². The van der Waals surface area contributed by atoms with Crippen LogP contribution in [0.5, 0.6) is 5.75 Å². The average molecular weight is 283 g/mol. The van der Waals surface area contributed by atoms with Crippen molar-refractivity contribution in [2.45, 2.75) is 11.8 Å². The van der Waals surface area contributed by atoms with E-state index in [-0.39, 0.29) is 17.0 Å². The number of aromatic carboxylic acids is 1. The number of rotatable bonds is 4. The summed E-state index contributed by atoms with van der Waals surface area (Å²) in [6.07, 6.45) is 5.05. The fraction of sp³-hybridized carbons (Fsp3) is 0.250. The lowest BCUT2D eigenvalue weighted by Crippen LogP contribution is -2.28. The molecule has 7 heteroatoms. The molecule has 1 aromatic carbocycles. The molecule has 0 unspecified atom stereocenters. The van der Waals surface area contributed by atoms with E-state index in [0.717, 1.165) is 16.4 Å². The Bertz CT molecular complexity index is 657. The van der Waals surface area contributed by atoms with Crippen LogP contribution in [0.4, 0.5) is 0 Å². The van der Waals surface area contributed by atoms with Crippen molar-refractivity contribution >= 4 is 16.0 Å². The molecule has 0 atom stereocenters. The van der Waals surface area contributed by atoms with Crippen LogP contribution in [0.1, 0.15) is 15.9 Å². The van der Waals surface area contributed by atoms with E-state index in [1.54, 1.807) is 0 Å². The number of aromatic hydroxyl groups is 1. The van der Waals surface area contributed by atoms with Crippen molar-refractivity contribution in [3.05, 3.63) is 23.3 Å². The van der Waals surface area contributed by atoms with Crippen molar-refractivity contribution in [1.82, 2.24) is 4.31 Å². The number of sulfonamides is 1. The molecule has 0 aromatic heterocycles. The molecular weight excluding hydrogens is 270 g/mol. The van der Waals surface area contributed by atoms with Gasteiger partial charge in [-0.2, -0.15) is 4.31 Å². The normalized spacial score (nSPS) is 11.3. The molecule has 102 valence electrons. The molecule has 0 aliphatic heterocycles. The Morgan fingerprint density at radius 1 is 1.47 bits per heavy atom. The van der Waals surface area contributed by atoms with Gasteiger partial charge in [-0.1, -0.05) is 5.92 Å². The number of hydrogen-bond donors (Lipinski definition) is 2. The van der Waals surface area contributed by atoms with Gasteiger partial charge in [-0.25, -0.2) is 13.2 Å². The van der Waals surface area contributed by atoms with Gasteiger partial charge in [0.15, 0.2) is 0 Å². The minimum Gasteiger partial charge on any atom is -0.507 e. The summed E-state index contributed by atoms with van der Waals surface area (Å²) in [5.74, 6) is 0.301. The third-order valence-electron chi connectivity index (χ3n) is 2.53. The third kappa shape index (κ3) is 2.86. The molecule has 0 heterocycles. The summed E-state index contributed by atoms with van der Waals surface area (Å²) in [5, 5.41) is 18.4. The van der Waals surface area contributed by atoms with Gasteiger partial charge in [-0.05, 0) is 24.6 Å². The fourth-order valence-corrected chi connectivity index (χ4v) is 2.82. The van der Waals surface area contributed by atoms with Gasteiger partial charge >= 0.3 is 5.97 Å². The summed E-state index contributed by atoms with van der Waals surface area (Å²) in [7, 11) is -2.59. The number of aryl methyl sites for hydroxylation is 1. The van der Waals surface area contributed by atoms with Crippen LogP contribution < -0.4 is 0 Å². The van der Waals surface area contributed by atoms with Crippen LogP contribution in [-0.2, 0) is 10.0 Å². The van der Waals surface area contributed by atoms with Crippen LogP contribution in [0.3, 0.4) is 0 Å². The quantitative estimate of drug-likeness (QED) is 0.791. The predicted octanol–water partition coefficient (Wildman–Crippen LogP) is 0.653. The van der Waals surface area contributed by atoms with Crippen LogP contribution in [0, 0.1) is 19.3 Å². The summed E-state index contributed by atoms with van der Waals surface area (Å²) in [4.78, 5) is 10.7. The van der Waals surface area contributed by atoms with E-state index >= 15 is 0 Å². The predicted molar refractivity (Wildman–Crippen MR) is 68.5 cm³/mol. The summed E-state index contributed by atoms with van der Waals surface area (Å²) >= 11 is 0. The first-order chi connectivity index (χ1) is 8.71. The van der Waals surface area contributed by atoms with E-state index < -0.39 is 27.3 Å². The molecule has 0 saturated heterocycles. The average Bonchev–Trinajstić information content (AvgIpc) is 2.28. The molecule has 0 radical (unpaired) electrons. The zero-order chi connectivity index (χ0) is 14.8. The Kier molecular flexibility index (Phi) is 4.19. The number of nitrogens with zero attached hydrogens (tertiary/aromatic N) is 1. The van der Waals surface area contributed by atoms with E-state index in [2.05, 4.69) is 5.92 Å². The zero-order valence-corrected chi connectivity index (χ0v) is 11.2. The number of benzene rings is 1. The largest absolute Gasteiger partial charge is 0.507 e. The SMILES string of the molecule is C#CCN(C)S(=O)(=O)c1cc(C(=O)O)c(O)cc1C. The van der Waals surface area contributed by atoms with Crippen LogP contribution in [0.25, 0.3) is 0 Å². The number of carboxylic acids is 1. The van der Waals surface area contributed by atoms with Gasteiger partial charge in [0.05, 0.1) is 11.4 Å². The van der Waals surface area contributed by atoms with Crippen molar-refractivity contribution in [2.75, 3.05) is 13.6 Å². The third-order valence-corrected chi connectivity index (χ3v) is 4.47. The summed E-state index contributed by atoms with van der Waals surface area (Å²) in [5.41, 5.74) is -0.232. The maximum atomic E-state index is 12.2. The molecule has 0 aliphatic rings. The summed E-state index contributed by atoms with van der Waals surface area (Å²) in [6, 6.07) is 2.02. The molecule has 1 aromatic rings. The number of phenols is 1. The second-order valence-electron chi connectivity index (χ2n) is 3.91. The lowest BCUT2D eigenvalue weighted by Gasteiger charge is -2.16. The Morgan fingerprint density at radius 2 is 2.05 bits per heavy atom. The first kappa shape index (κ1) is 15.0. The Morgan fingerprint density at radius 3 is 2.53 bits per heavy atom. The van der Waals surface area contributed by atoms with Crippen LogP contribution in [0.2, 0.25) is 0 Å². The molecule has 0 spiro atoms. The summed E-state index contributed by atoms with van der Waals surface area (Å²) in [6.45, 7) is 1.33. The van der Waals surface area contributed by atoms with Gasteiger partial charge < -0.3 is 10.2 Å². The lowest BCUT2D eigenvalue weighted by molar-refractivity contribution is 0.0693. The molecule has 0 fully saturated rings. The molecule has 6 nitrogen and oxygen atoms in total. The minimum atomic E-state index is -3.89. The minimum absolute atomic E-state index is 0.134. The topological polar surface area (TPSA) is 94.9 Å². The van der Waals surface area contributed by atoms with Gasteiger partial charge in [0.25, 0.3) is 0 Å². The second-order valence-corrected chi connectivity index (χ2v) is 5.92. The first-order valence-electron chi connectivity index (χ1n) is 5.18. The molecule has 2 N–H and O–H groups in total. The van der Waals surface area contributed by atoms with Crippen molar-refractivity contribution in [2.24, 2.45) is 0 Å². The van der Waals surface area contributed by atoms with Gasteiger partial charge in [0.1, 0.15) is 11.3 Å². The highest BCUT2D eigenvalue weighted by Crippen LogP contribution is 2.27. The standard InChI is InChI=1S/C12H13NO5S/c1-4-5-13(3)19(17,18)11-7-9(12(15)16)10(14)6-8(11)2/h1,6-7,14H,5H2,2-3H3,(H,15,16). The van der Waals surface area contributed by atoms with E-state index in [0.29, 0.717) is 0 Å². The molecule has 0 bridgehead atoms. The zero-order valence-electron chi connectivity index (χ0n) is 10.4. The smallest absolute Gasteiger partial charge is 0.339 e. The van der Waals surface area contributed by atoms with Crippen LogP contribution in [0.15, 0.2) is 17.0 Å². The maximum Gasteiger partial charge on any atom is 0.339 e. The number of carbonyl (C=O) groups is 1. The number of carboxylic acid groups (broad SMARTS) is 1. The van der Waals surface area contributed by atoms with Crippen LogP contribution in [-0.4, -0.2) is 42.5 Å². The molecule has 0 saturated carbocycles. The number of hydrogen-bond acceptors (Lipinski definition) is 4. The molecule has 19 heavy (non-hydrogen) atoms. The Labute approximate surface area is 111 Å². The van der Waals surface area contributed by atoms with E-state index in [1.807, 2.05) is 0 Å². The van der Waals surface area contributed by atoms with E-state index in [1.165, 1.54) is 14.0 Å². The van der Waals surface area contributed by atoms with Crippen molar-refractivity contribution in [3.63, 3.8) is 0 Å². The molecule has 1 rings (SSSR count). The highest BCUT2D eigenvalue weighted by molar-refractivity contribution is 7.89. The van der Waals surface area contributed by atoms with Gasteiger partial charge in [-0.15, -0.1) is 6.42 Å². The van der Waals surface area contributed by atoms with E-state index in [4.69, 9.17) is 11.5 Å². The Hall–Kier alpha value is -2.04. The van der Waals surface area contributed by atoms with E-state index in [9.17, 15) is 18.3 Å². The molecule has 0 amide bonds. The molecular formula is C12H13NO5S. The second kappa shape index (κ2) is 5.30. The van der Waals surface area contributed by atoms with Crippen molar-refractivity contribution < 1.29 is 23.4 Å². The number of terminal acetylenes is 1. The Balaban J connectivity index is 3.48. The lowest BCUT2D eigenvalue weighted by atomic mass is 10.1. The van der Waals surface area contributed by atoms with Gasteiger partial charge in [-0.3, -0.25) is 0 Å². The van der Waals surface area contributed by atoms with Crippen molar-refractivity contribution in [1.29, 1.82) is 0 Å². The monoisotopic (exact) mass is 283 g/mol. The van der Waals surface area contributed by atoms with Crippen LogP contribution >= 0.6 is 0 Å². The van der Waals surface area contributed by atoms with Gasteiger partial charge in [0.2, 0.25) is 10.0 Å². The molecule has 0 aliphatic carbocycles. The fourth-order valence-electron chi connectivity index (χ4n) is 1.50. The first-order valence-corrected chi connectivity index (χ1v) is 6.62. The van der Waals surface area contributed by atoms with Gasteiger partial charge in [0, 0.05) is 7.05 Å².